The standard InChI is InChI=1S/C18H16N6OS2/c1-25-15-7-5-13(6-8-15)10-24-18(21-22-23-24)27-12-14-11-26-17(20-14)16-4-2-3-9-19-16/h2-9,11H,10,12H2,1H3. The summed E-state index contributed by atoms with van der Waals surface area (Å²) in [6.07, 6.45) is 1.78. The number of rotatable bonds is 7. The van der Waals surface area contributed by atoms with Gasteiger partial charge in [0.05, 0.1) is 25.0 Å². The van der Waals surface area contributed by atoms with Crippen molar-refractivity contribution >= 4 is 23.1 Å². The lowest BCUT2D eigenvalue weighted by molar-refractivity contribution is 0.414. The summed E-state index contributed by atoms with van der Waals surface area (Å²) in [7, 11) is 1.66. The second-order valence-corrected chi connectivity index (χ2v) is 7.42. The predicted molar refractivity (Wildman–Crippen MR) is 105 cm³/mol. The van der Waals surface area contributed by atoms with Crippen LogP contribution in [0, 0.1) is 0 Å². The molecule has 0 atom stereocenters. The molecule has 0 bridgehead atoms. The molecule has 0 aliphatic heterocycles. The average molecular weight is 397 g/mol. The van der Waals surface area contributed by atoms with E-state index in [0.717, 1.165) is 32.9 Å². The molecule has 3 heterocycles. The van der Waals surface area contributed by atoms with Crippen molar-refractivity contribution in [2.45, 2.75) is 17.5 Å². The molecule has 7 nitrogen and oxygen atoms in total. The van der Waals surface area contributed by atoms with E-state index in [4.69, 9.17) is 4.74 Å². The van der Waals surface area contributed by atoms with Gasteiger partial charge in [0.1, 0.15) is 10.8 Å². The minimum Gasteiger partial charge on any atom is -0.497 e. The molecule has 0 spiro atoms. The molecule has 0 radical (unpaired) electrons. The van der Waals surface area contributed by atoms with Gasteiger partial charge in [-0.2, -0.15) is 0 Å². The molecule has 0 saturated carbocycles. The fourth-order valence-corrected chi connectivity index (χ4v) is 4.09. The Labute approximate surface area is 164 Å². The first-order valence-corrected chi connectivity index (χ1v) is 10.1. The van der Waals surface area contributed by atoms with Crippen LogP contribution in [0.5, 0.6) is 5.75 Å². The molecule has 0 N–H and O–H groups in total. The Hall–Kier alpha value is -2.78. The largest absolute Gasteiger partial charge is 0.497 e. The van der Waals surface area contributed by atoms with Gasteiger partial charge in [-0.3, -0.25) is 4.98 Å². The molecule has 0 unspecified atom stereocenters. The fourth-order valence-electron chi connectivity index (χ4n) is 2.42. The summed E-state index contributed by atoms with van der Waals surface area (Å²) >= 11 is 3.16. The van der Waals surface area contributed by atoms with Crippen LogP contribution in [0.1, 0.15) is 11.3 Å². The molecule has 0 aliphatic carbocycles. The van der Waals surface area contributed by atoms with E-state index in [9.17, 15) is 0 Å². The smallest absolute Gasteiger partial charge is 0.210 e. The molecule has 27 heavy (non-hydrogen) atoms. The van der Waals surface area contributed by atoms with Gasteiger partial charge in [-0.1, -0.05) is 30.0 Å². The highest BCUT2D eigenvalue weighted by molar-refractivity contribution is 7.98. The van der Waals surface area contributed by atoms with Gasteiger partial charge in [-0.25, -0.2) is 9.67 Å². The van der Waals surface area contributed by atoms with Crippen LogP contribution < -0.4 is 4.74 Å². The lowest BCUT2D eigenvalue weighted by Gasteiger charge is -2.05. The van der Waals surface area contributed by atoms with Crippen LogP contribution in [0.15, 0.2) is 59.2 Å². The van der Waals surface area contributed by atoms with Crippen LogP contribution in [-0.2, 0) is 12.3 Å². The zero-order valence-electron chi connectivity index (χ0n) is 14.5. The highest BCUT2D eigenvalue weighted by atomic mass is 32.2. The number of methoxy groups -OCH3 is 1. The SMILES string of the molecule is COc1ccc(Cn2nnnc2SCc2csc(-c3ccccn3)n2)cc1. The third-order valence-electron chi connectivity index (χ3n) is 3.78. The van der Waals surface area contributed by atoms with Gasteiger partial charge in [-0.15, -0.1) is 16.4 Å². The molecule has 4 aromatic rings. The Morgan fingerprint density at radius 3 is 2.81 bits per heavy atom. The van der Waals surface area contributed by atoms with Crippen LogP contribution in [0.2, 0.25) is 0 Å². The fraction of sp³-hybridized carbons (Fsp3) is 0.167. The van der Waals surface area contributed by atoms with Gasteiger partial charge < -0.3 is 4.74 Å². The van der Waals surface area contributed by atoms with Crippen molar-refractivity contribution in [2.75, 3.05) is 7.11 Å². The number of ether oxygens (including phenoxy) is 1. The Balaban J connectivity index is 1.41. The van der Waals surface area contributed by atoms with Crippen LogP contribution >= 0.6 is 23.1 Å². The van der Waals surface area contributed by atoms with Gasteiger partial charge in [0, 0.05) is 17.3 Å². The third kappa shape index (κ3) is 4.32. The normalized spacial score (nSPS) is 10.9. The molecular weight excluding hydrogens is 380 g/mol. The minimum atomic E-state index is 0.607. The first-order chi connectivity index (χ1) is 13.3. The Morgan fingerprint density at radius 1 is 1.15 bits per heavy atom. The average Bonchev–Trinajstić information content (AvgIpc) is 3.37. The molecular formula is C18H16N6OS2. The number of hydrogen-bond donors (Lipinski definition) is 0. The maximum atomic E-state index is 5.19. The van der Waals surface area contributed by atoms with Crippen LogP contribution in [0.4, 0.5) is 0 Å². The summed E-state index contributed by atoms with van der Waals surface area (Å²) < 4.78 is 6.98. The molecule has 1 aromatic carbocycles. The second kappa shape index (κ2) is 8.28. The van der Waals surface area contributed by atoms with Crippen molar-refractivity contribution in [1.82, 2.24) is 30.2 Å². The van der Waals surface area contributed by atoms with Crippen molar-refractivity contribution in [2.24, 2.45) is 0 Å². The number of thiazole rings is 1. The molecule has 9 heteroatoms. The van der Waals surface area contributed by atoms with Crippen molar-refractivity contribution in [3.8, 4) is 16.5 Å². The number of pyridine rings is 1. The maximum Gasteiger partial charge on any atom is 0.210 e. The summed E-state index contributed by atoms with van der Waals surface area (Å²) in [6, 6.07) is 13.7. The number of tetrazole rings is 1. The molecule has 4 rings (SSSR count). The first-order valence-electron chi connectivity index (χ1n) is 8.19. The van der Waals surface area contributed by atoms with E-state index in [1.807, 2.05) is 42.5 Å². The summed E-state index contributed by atoms with van der Waals surface area (Å²) in [5.74, 6) is 1.53. The topological polar surface area (TPSA) is 78.6 Å². The van der Waals surface area contributed by atoms with Gasteiger partial charge in [0.25, 0.3) is 0 Å². The molecule has 136 valence electrons. The third-order valence-corrected chi connectivity index (χ3v) is 5.68. The van der Waals surface area contributed by atoms with E-state index in [-0.39, 0.29) is 0 Å². The number of thioether (sulfide) groups is 1. The van der Waals surface area contributed by atoms with Crippen molar-refractivity contribution in [3.63, 3.8) is 0 Å². The Bertz CT molecular complexity index is 1000. The van der Waals surface area contributed by atoms with Gasteiger partial charge in [0.15, 0.2) is 0 Å². The first kappa shape index (κ1) is 17.6. The number of nitrogens with zero attached hydrogens (tertiary/aromatic N) is 6. The van der Waals surface area contributed by atoms with E-state index >= 15 is 0 Å². The van der Waals surface area contributed by atoms with Crippen LogP contribution in [0.25, 0.3) is 10.7 Å². The van der Waals surface area contributed by atoms with E-state index in [2.05, 4.69) is 30.9 Å². The predicted octanol–water partition coefficient (Wildman–Crippen LogP) is 3.54. The molecule has 0 saturated heterocycles. The Morgan fingerprint density at radius 2 is 2.04 bits per heavy atom. The van der Waals surface area contributed by atoms with E-state index in [1.54, 1.807) is 41.1 Å². The lowest BCUT2D eigenvalue weighted by Crippen LogP contribution is -2.04. The molecule has 3 aromatic heterocycles. The summed E-state index contributed by atoms with van der Waals surface area (Å²) in [6.45, 7) is 0.607. The van der Waals surface area contributed by atoms with Crippen LogP contribution in [0.3, 0.4) is 0 Å². The van der Waals surface area contributed by atoms with Gasteiger partial charge in [0.2, 0.25) is 5.16 Å². The minimum absolute atomic E-state index is 0.607. The van der Waals surface area contributed by atoms with Gasteiger partial charge in [-0.05, 0) is 40.3 Å². The zero-order valence-corrected chi connectivity index (χ0v) is 16.2. The number of hydrogen-bond acceptors (Lipinski definition) is 8. The molecule has 0 aliphatic rings. The molecule has 0 amide bonds. The van der Waals surface area contributed by atoms with E-state index in [1.165, 1.54) is 0 Å². The van der Waals surface area contributed by atoms with E-state index in [0.29, 0.717) is 12.3 Å². The van der Waals surface area contributed by atoms with Crippen molar-refractivity contribution in [1.29, 1.82) is 0 Å². The lowest BCUT2D eigenvalue weighted by atomic mass is 10.2. The van der Waals surface area contributed by atoms with Crippen molar-refractivity contribution in [3.05, 3.63) is 65.3 Å². The zero-order chi connectivity index (χ0) is 18.5. The van der Waals surface area contributed by atoms with E-state index < -0.39 is 0 Å². The van der Waals surface area contributed by atoms with Crippen LogP contribution in [-0.4, -0.2) is 37.3 Å². The monoisotopic (exact) mass is 396 g/mol. The highest BCUT2D eigenvalue weighted by Crippen LogP contribution is 2.26. The van der Waals surface area contributed by atoms with Crippen molar-refractivity contribution < 1.29 is 4.74 Å². The highest BCUT2D eigenvalue weighted by Gasteiger charge is 2.11. The molecule has 0 fully saturated rings. The second-order valence-electron chi connectivity index (χ2n) is 5.61. The Kier molecular flexibility index (Phi) is 5.40. The van der Waals surface area contributed by atoms with Gasteiger partial charge >= 0.3 is 0 Å². The summed E-state index contributed by atoms with van der Waals surface area (Å²) in [5.41, 5.74) is 2.99. The maximum absolute atomic E-state index is 5.19. The quantitative estimate of drug-likeness (QED) is 0.442. The number of aromatic nitrogens is 6. The number of benzene rings is 1. The summed E-state index contributed by atoms with van der Waals surface area (Å²) in [5, 5.41) is 15.8. The summed E-state index contributed by atoms with van der Waals surface area (Å²) in [4.78, 5) is 9.00.